The molecule has 4 nitrogen and oxygen atoms in total. The third-order valence-corrected chi connectivity index (χ3v) is 4.78. The van der Waals surface area contributed by atoms with Gasteiger partial charge in [0.25, 0.3) is 9.05 Å². The smallest absolute Gasteiger partial charge is 0.339 e. The topological polar surface area (TPSA) is 60.4 Å². The Morgan fingerprint density at radius 3 is 2.14 bits per heavy atom. The quantitative estimate of drug-likeness (QED) is 0.608. The molecule has 0 unspecified atom stereocenters. The van der Waals surface area contributed by atoms with E-state index < -0.39 is 15.0 Å². The van der Waals surface area contributed by atoms with Gasteiger partial charge in [0.2, 0.25) is 0 Å². The van der Waals surface area contributed by atoms with E-state index in [1.54, 1.807) is 12.1 Å². The molecule has 6 heteroatoms. The summed E-state index contributed by atoms with van der Waals surface area (Å²) in [5.74, 6) is -0.715. The average molecular weight is 347 g/mol. The molecule has 0 amide bonds. The maximum absolute atomic E-state index is 11.9. The van der Waals surface area contributed by atoms with Gasteiger partial charge in [0.05, 0.1) is 17.6 Å². The monoisotopic (exact) mass is 346 g/mol. The summed E-state index contributed by atoms with van der Waals surface area (Å²) < 4.78 is 27.9. The number of halogens is 1. The minimum atomic E-state index is -4.01. The largest absolute Gasteiger partial charge is 0.465 e. The second kappa shape index (κ2) is 6.20. The van der Waals surface area contributed by atoms with Gasteiger partial charge in [-0.15, -0.1) is 0 Å². The molecule has 0 aromatic heterocycles. The first-order valence-corrected chi connectivity index (χ1v) is 9.26. The molecule has 0 N–H and O–H groups in total. The Morgan fingerprint density at radius 2 is 1.73 bits per heavy atom. The number of carbonyl (C=O) groups is 1. The highest BCUT2D eigenvalue weighted by Gasteiger charge is 2.30. The van der Waals surface area contributed by atoms with Crippen molar-refractivity contribution in [3.8, 4) is 0 Å². The summed E-state index contributed by atoms with van der Waals surface area (Å²) in [6.07, 6.45) is 0.869. The van der Waals surface area contributed by atoms with Crippen molar-refractivity contribution in [2.45, 2.75) is 51.3 Å². The van der Waals surface area contributed by atoms with Crippen LogP contribution in [0.2, 0.25) is 0 Å². The van der Waals surface area contributed by atoms with E-state index in [0.717, 1.165) is 12.0 Å². The second-order valence-electron chi connectivity index (χ2n) is 7.26. The van der Waals surface area contributed by atoms with Gasteiger partial charge in [0.15, 0.2) is 0 Å². The van der Waals surface area contributed by atoms with Crippen LogP contribution >= 0.6 is 10.7 Å². The predicted molar refractivity (Wildman–Crippen MR) is 87.9 cm³/mol. The molecule has 0 saturated carbocycles. The molecule has 0 spiro atoms. The van der Waals surface area contributed by atoms with E-state index >= 15 is 0 Å². The van der Waals surface area contributed by atoms with Crippen molar-refractivity contribution in [1.29, 1.82) is 0 Å². The van der Waals surface area contributed by atoms with Gasteiger partial charge >= 0.3 is 5.97 Å². The lowest BCUT2D eigenvalue weighted by Gasteiger charge is -2.33. The van der Waals surface area contributed by atoms with E-state index in [1.807, 2.05) is 0 Å². The van der Waals surface area contributed by atoms with Crippen LogP contribution in [-0.2, 0) is 19.2 Å². The molecule has 0 bridgehead atoms. The van der Waals surface area contributed by atoms with Crippen LogP contribution in [0.4, 0.5) is 0 Å². The van der Waals surface area contributed by atoms with Crippen molar-refractivity contribution in [1.82, 2.24) is 0 Å². The first-order chi connectivity index (χ1) is 9.78. The first-order valence-electron chi connectivity index (χ1n) is 6.95. The zero-order valence-corrected chi connectivity index (χ0v) is 15.4. The van der Waals surface area contributed by atoms with Crippen molar-refractivity contribution in [2.75, 3.05) is 7.11 Å². The summed E-state index contributed by atoms with van der Waals surface area (Å²) in [6, 6.07) is 4.63. The van der Waals surface area contributed by atoms with Crippen LogP contribution in [0.1, 0.15) is 57.0 Å². The van der Waals surface area contributed by atoms with E-state index in [0.29, 0.717) is 0 Å². The van der Waals surface area contributed by atoms with Gasteiger partial charge in [-0.2, -0.15) is 0 Å². The maximum atomic E-state index is 11.9. The summed E-state index contributed by atoms with van der Waals surface area (Å²) in [4.78, 5) is 11.7. The minimum absolute atomic E-state index is 0.0306. The van der Waals surface area contributed by atoms with Crippen LogP contribution in [0.3, 0.4) is 0 Å². The van der Waals surface area contributed by atoms with E-state index in [9.17, 15) is 13.2 Å². The SMILES string of the molecule is COC(=O)c1cc(C(C)(C)CC(C)(C)C)ccc1S(=O)(=O)Cl. The van der Waals surface area contributed by atoms with Crippen LogP contribution in [-0.4, -0.2) is 21.5 Å². The highest BCUT2D eigenvalue weighted by Crippen LogP contribution is 2.37. The molecule has 0 atom stereocenters. The van der Waals surface area contributed by atoms with E-state index in [1.165, 1.54) is 13.2 Å². The third-order valence-electron chi connectivity index (χ3n) is 3.40. The zero-order chi connectivity index (χ0) is 17.3. The summed E-state index contributed by atoms with van der Waals surface area (Å²) >= 11 is 0. The molecular formula is C16H23ClO4S. The van der Waals surface area contributed by atoms with E-state index in [-0.39, 0.29) is 21.3 Å². The Balaban J connectivity index is 3.46. The Labute approximate surface area is 137 Å². The molecule has 0 aliphatic carbocycles. The molecule has 22 heavy (non-hydrogen) atoms. The molecule has 0 radical (unpaired) electrons. The maximum Gasteiger partial charge on any atom is 0.339 e. The molecule has 0 saturated heterocycles. The summed E-state index contributed by atoms with van der Waals surface area (Å²) in [5, 5.41) is 0. The van der Waals surface area contributed by atoms with Crippen LogP contribution in [0.25, 0.3) is 0 Å². The highest BCUT2D eigenvalue weighted by molar-refractivity contribution is 8.13. The molecule has 1 aromatic rings. The van der Waals surface area contributed by atoms with Gasteiger partial charge in [-0.25, -0.2) is 13.2 Å². The van der Waals surface area contributed by atoms with Crippen LogP contribution in [0.5, 0.6) is 0 Å². The lowest BCUT2D eigenvalue weighted by Crippen LogP contribution is -2.25. The minimum Gasteiger partial charge on any atom is -0.465 e. The number of methoxy groups -OCH3 is 1. The average Bonchev–Trinajstić information content (AvgIpc) is 2.33. The summed E-state index contributed by atoms with van der Waals surface area (Å²) in [6.45, 7) is 10.5. The van der Waals surface area contributed by atoms with Gasteiger partial charge < -0.3 is 4.74 Å². The van der Waals surface area contributed by atoms with Crippen molar-refractivity contribution in [2.24, 2.45) is 5.41 Å². The molecule has 0 aliphatic rings. The molecule has 0 fully saturated rings. The van der Waals surface area contributed by atoms with Crippen molar-refractivity contribution in [3.63, 3.8) is 0 Å². The zero-order valence-electron chi connectivity index (χ0n) is 13.9. The Bertz CT molecular complexity index is 670. The fourth-order valence-electron chi connectivity index (χ4n) is 2.86. The third kappa shape index (κ3) is 4.71. The lowest BCUT2D eigenvalue weighted by atomic mass is 9.72. The fraction of sp³-hybridized carbons (Fsp3) is 0.562. The van der Waals surface area contributed by atoms with Crippen LogP contribution in [0, 0.1) is 5.41 Å². The van der Waals surface area contributed by atoms with Gasteiger partial charge in [0, 0.05) is 10.7 Å². The number of esters is 1. The molecule has 0 aliphatic heterocycles. The highest BCUT2D eigenvalue weighted by atomic mass is 35.7. The van der Waals surface area contributed by atoms with Crippen molar-refractivity contribution >= 4 is 25.7 Å². The number of hydrogen-bond acceptors (Lipinski definition) is 4. The van der Waals surface area contributed by atoms with Gasteiger partial charge in [-0.1, -0.05) is 40.7 Å². The summed E-state index contributed by atoms with van der Waals surface area (Å²) in [7, 11) is 2.60. The normalized spacial score (nSPS) is 13.0. The number of rotatable bonds is 4. The van der Waals surface area contributed by atoms with Gasteiger partial charge in [0.1, 0.15) is 0 Å². The Morgan fingerprint density at radius 1 is 1.18 bits per heavy atom. The molecule has 1 rings (SSSR count). The van der Waals surface area contributed by atoms with Crippen LogP contribution < -0.4 is 0 Å². The van der Waals surface area contributed by atoms with E-state index in [4.69, 9.17) is 10.7 Å². The summed E-state index contributed by atoms with van der Waals surface area (Å²) in [5.41, 5.74) is 0.700. The number of hydrogen-bond donors (Lipinski definition) is 0. The predicted octanol–water partition coefficient (Wildman–Crippen LogP) is 4.11. The number of ether oxygens (including phenoxy) is 1. The molecular weight excluding hydrogens is 324 g/mol. The molecule has 1 aromatic carbocycles. The molecule has 0 heterocycles. The van der Waals surface area contributed by atoms with Gasteiger partial charge in [-0.05, 0) is 34.9 Å². The fourth-order valence-corrected chi connectivity index (χ4v) is 3.90. The second-order valence-corrected chi connectivity index (χ2v) is 9.80. The van der Waals surface area contributed by atoms with E-state index in [2.05, 4.69) is 39.4 Å². The molecule has 124 valence electrons. The Hall–Kier alpha value is -1.07. The first kappa shape index (κ1) is 19.0. The van der Waals surface area contributed by atoms with Crippen molar-refractivity contribution in [3.05, 3.63) is 29.3 Å². The lowest BCUT2D eigenvalue weighted by molar-refractivity contribution is 0.0596. The standard InChI is InChI=1S/C16H23ClO4S/c1-15(2,3)10-16(4,5)11-7-8-13(22(17,19)20)12(9-11)14(18)21-6/h7-9H,10H2,1-6H3. The number of carbonyl (C=O) groups excluding carboxylic acids is 1. The van der Waals surface area contributed by atoms with Gasteiger partial charge in [-0.3, -0.25) is 0 Å². The van der Waals surface area contributed by atoms with Crippen LogP contribution in [0.15, 0.2) is 23.1 Å². The Kier molecular flexibility index (Phi) is 5.35. The number of benzene rings is 1. The van der Waals surface area contributed by atoms with Crippen molar-refractivity contribution < 1.29 is 17.9 Å².